The quantitative estimate of drug-likeness (QED) is 0.438. The number of amides is 2. The number of nitrogens with one attached hydrogen (secondary N) is 2. The summed E-state index contributed by atoms with van der Waals surface area (Å²) in [7, 11) is 0. The van der Waals surface area contributed by atoms with Crippen molar-refractivity contribution in [2.75, 3.05) is 11.9 Å². The molecule has 8 heteroatoms. The van der Waals surface area contributed by atoms with Gasteiger partial charge in [0.1, 0.15) is 12.6 Å². The number of aromatic carboxylic acids is 1. The third-order valence-corrected chi connectivity index (χ3v) is 6.37. The third kappa shape index (κ3) is 5.16. The highest BCUT2D eigenvalue weighted by atomic mass is 16.5. The first-order valence-corrected chi connectivity index (χ1v) is 11.5. The van der Waals surface area contributed by atoms with E-state index in [1.54, 1.807) is 0 Å². The van der Waals surface area contributed by atoms with Gasteiger partial charge in [-0.2, -0.15) is 0 Å². The summed E-state index contributed by atoms with van der Waals surface area (Å²) in [6.45, 7) is 3.90. The van der Waals surface area contributed by atoms with Crippen LogP contribution in [0.1, 0.15) is 47.7 Å². The van der Waals surface area contributed by atoms with E-state index in [4.69, 9.17) is 9.84 Å². The Morgan fingerprint density at radius 3 is 2.26 bits per heavy atom. The number of nitrogens with zero attached hydrogens (tertiary/aromatic N) is 1. The van der Waals surface area contributed by atoms with Crippen molar-refractivity contribution in [1.82, 2.24) is 10.3 Å². The van der Waals surface area contributed by atoms with Gasteiger partial charge in [0.2, 0.25) is 5.91 Å². The molecule has 0 saturated carbocycles. The average Bonchev–Trinajstić information content (AvgIpc) is 3.19. The highest BCUT2D eigenvalue weighted by Gasteiger charge is 2.31. The maximum absolute atomic E-state index is 13.0. The second-order valence-electron chi connectivity index (χ2n) is 8.59. The maximum atomic E-state index is 13.0. The molecule has 2 atom stereocenters. The first-order chi connectivity index (χ1) is 16.9. The van der Waals surface area contributed by atoms with Crippen molar-refractivity contribution >= 4 is 23.7 Å². The summed E-state index contributed by atoms with van der Waals surface area (Å²) in [6, 6.07) is 16.6. The van der Waals surface area contributed by atoms with Gasteiger partial charge >= 0.3 is 12.1 Å². The Morgan fingerprint density at radius 2 is 1.66 bits per heavy atom. The van der Waals surface area contributed by atoms with Crippen LogP contribution in [0.4, 0.5) is 10.5 Å². The molecule has 1 aromatic heterocycles. The molecule has 2 aromatic carbocycles. The lowest BCUT2D eigenvalue weighted by Crippen LogP contribution is -2.48. The van der Waals surface area contributed by atoms with Crippen molar-refractivity contribution in [2.45, 2.75) is 32.2 Å². The summed E-state index contributed by atoms with van der Waals surface area (Å²) in [4.78, 5) is 40.7. The van der Waals surface area contributed by atoms with Crippen molar-refractivity contribution in [3.05, 3.63) is 83.7 Å². The Kier molecular flexibility index (Phi) is 7.10. The highest BCUT2D eigenvalue weighted by molar-refractivity contribution is 5.97. The lowest BCUT2D eigenvalue weighted by Gasteiger charge is -2.24. The molecule has 2 amide bonds. The number of hydrogen-bond donors (Lipinski definition) is 3. The van der Waals surface area contributed by atoms with E-state index in [0.717, 1.165) is 22.3 Å². The Balaban J connectivity index is 1.44. The SMILES string of the molecule is CCC(C)C(NC(=O)OCC1c2ccccc2-c2ccccc21)C(=O)Nc1cncc(C(=O)O)c1. The van der Waals surface area contributed by atoms with Crippen molar-refractivity contribution in [2.24, 2.45) is 5.92 Å². The van der Waals surface area contributed by atoms with E-state index in [0.29, 0.717) is 6.42 Å². The van der Waals surface area contributed by atoms with E-state index in [-0.39, 0.29) is 29.7 Å². The number of aromatic nitrogens is 1. The van der Waals surface area contributed by atoms with Crippen LogP contribution in [0.25, 0.3) is 11.1 Å². The molecule has 0 saturated heterocycles. The Morgan fingerprint density at radius 1 is 1.03 bits per heavy atom. The highest BCUT2D eigenvalue weighted by Crippen LogP contribution is 2.44. The first kappa shape index (κ1) is 23.9. The van der Waals surface area contributed by atoms with Gasteiger partial charge in [0.15, 0.2) is 0 Å². The van der Waals surface area contributed by atoms with E-state index in [2.05, 4.69) is 27.8 Å². The molecule has 1 aliphatic carbocycles. The molecule has 0 bridgehead atoms. The fourth-order valence-corrected chi connectivity index (χ4v) is 4.31. The molecule has 3 aromatic rings. The molecule has 3 N–H and O–H groups in total. The van der Waals surface area contributed by atoms with Gasteiger partial charge in [-0.3, -0.25) is 9.78 Å². The van der Waals surface area contributed by atoms with Gasteiger partial charge in [0.25, 0.3) is 0 Å². The fraction of sp³-hybridized carbons (Fsp3) is 0.259. The summed E-state index contributed by atoms with van der Waals surface area (Å²) in [6.07, 6.45) is 2.49. The molecule has 0 aliphatic heterocycles. The van der Waals surface area contributed by atoms with Crippen LogP contribution < -0.4 is 10.6 Å². The van der Waals surface area contributed by atoms with Crippen LogP contribution in [0.2, 0.25) is 0 Å². The monoisotopic (exact) mass is 473 g/mol. The summed E-state index contributed by atoms with van der Waals surface area (Å²) in [5.74, 6) is -1.90. The molecule has 180 valence electrons. The normalized spacial score (nSPS) is 13.8. The van der Waals surface area contributed by atoms with Gasteiger partial charge in [0.05, 0.1) is 17.4 Å². The second kappa shape index (κ2) is 10.4. The molecule has 2 unspecified atom stereocenters. The van der Waals surface area contributed by atoms with Gasteiger partial charge in [-0.1, -0.05) is 68.8 Å². The van der Waals surface area contributed by atoms with E-state index >= 15 is 0 Å². The predicted octanol–water partition coefficient (Wildman–Crippen LogP) is 4.67. The molecule has 35 heavy (non-hydrogen) atoms. The molecule has 0 spiro atoms. The topological polar surface area (TPSA) is 118 Å². The molecule has 1 heterocycles. The van der Waals surface area contributed by atoms with Gasteiger partial charge in [-0.15, -0.1) is 0 Å². The number of ether oxygens (including phenoxy) is 1. The fourth-order valence-electron chi connectivity index (χ4n) is 4.31. The van der Waals surface area contributed by atoms with E-state index < -0.39 is 24.0 Å². The van der Waals surface area contributed by atoms with Crippen molar-refractivity contribution in [1.29, 1.82) is 0 Å². The molecule has 1 aliphatic rings. The van der Waals surface area contributed by atoms with Crippen molar-refractivity contribution < 1.29 is 24.2 Å². The molecular formula is C27H27N3O5. The molecule has 4 rings (SSSR count). The third-order valence-electron chi connectivity index (χ3n) is 6.37. The van der Waals surface area contributed by atoms with E-state index in [1.807, 2.05) is 50.2 Å². The Hall–Kier alpha value is -4.20. The summed E-state index contributed by atoms with van der Waals surface area (Å²) < 4.78 is 5.60. The Bertz CT molecular complexity index is 1210. The number of rotatable bonds is 8. The number of benzene rings is 2. The number of pyridine rings is 1. The van der Waals surface area contributed by atoms with Crippen LogP contribution in [0, 0.1) is 5.92 Å². The van der Waals surface area contributed by atoms with Crippen LogP contribution >= 0.6 is 0 Å². The summed E-state index contributed by atoms with van der Waals surface area (Å²) in [5, 5.41) is 14.5. The van der Waals surface area contributed by atoms with Crippen LogP contribution in [0.15, 0.2) is 67.0 Å². The van der Waals surface area contributed by atoms with E-state index in [9.17, 15) is 14.4 Å². The molecular weight excluding hydrogens is 446 g/mol. The number of carboxylic acid groups (broad SMARTS) is 1. The Labute approximate surface area is 203 Å². The van der Waals surface area contributed by atoms with Crippen LogP contribution in [-0.4, -0.2) is 40.7 Å². The van der Waals surface area contributed by atoms with Gasteiger partial charge in [-0.25, -0.2) is 9.59 Å². The van der Waals surface area contributed by atoms with Gasteiger partial charge in [0, 0.05) is 12.1 Å². The number of carbonyl (C=O) groups is 3. The average molecular weight is 474 g/mol. The van der Waals surface area contributed by atoms with Crippen LogP contribution in [0.5, 0.6) is 0 Å². The smallest absolute Gasteiger partial charge is 0.407 e. The zero-order valence-corrected chi connectivity index (χ0v) is 19.5. The number of hydrogen-bond acceptors (Lipinski definition) is 5. The molecule has 8 nitrogen and oxygen atoms in total. The number of carbonyl (C=O) groups excluding carboxylic acids is 2. The predicted molar refractivity (Wildman–Crippen MR) is 131 cm³/mol. The standard InChI is InChI=1S/C27H27N3O5/c1-3-16(2)24(25(31)29-18-12-17(26(32)33)13-28-14-18)30-27(34)35-15-23-21-10-6-4-8-19(21)20-9-5-7-11-22(20)23/h4-14,16,23-24H,3,15H2,1-2H3,(H,29,31)(H,30,34)(H,32,33). The summed E-state index contributed by atoms with van der Waals surface area (Å²) in [5.41, 5.74) is 4.65. The minimum absolute atomic E-state index is 0.0487. The van der Waals surface area contributed by atoms with E-state index in [1.165, 1.54) is 18.5 Å². The first-order valence-electron chi connectivity index (χ1n) is 11.5. The summed E-state index contributed by atoms with van der Waals surface area (Å²) >= 11 is 0. The largest absolute Gasteiger partial charge is 0.478 e. The van der Waals surface area contributed by atoms with Crippen molar-refractivity contribution in [3.63, 3.8) is 0 Å². The minimum Gasteiger partial charge on any atom is -0.478 e. The van der Waals surface area contributed by atoms with Gasteiger partial charge in [-0.05, 0) is 34.2 Å². The number of anilines is 1. The zero-order chi connectivity index (χ0) is 24.9. The van der Waals surface area contributed by atoms with Crippen LogP contribution in [-0.2, 0) is 9.53 Å². The number of alkyl carbamates (subject to hydrolysis) is 1. The molecule has 0 radical (unpaired) electrons. The van der Waals surface area contributed by atoms with Crippen molar-refractivity contribution in [3.8, 4) is 11.1 Å². The number of fused-ring (bicyclic) bond motifs is 3. The lowest BCUT2D eigenvalue weighted by molar-refractivity contribution is -0.119. The number of carboxylic acids is 1. The maximum Gasteiger partial charge on any atom is 0.407 e. The lowest BCUT2D eigenvalue weighted by atomic mass is 9.98. The second-order valence-corrected chi connectivity index (χ2v) is 8.59. The molecule has 0 fully saturated rings. The minimum atomic E-state index is -1.15. The van der Waals surface area contributed by atoms with Gasteiger partial charge < -0.3 is 20.5 Å². The zero-order valence-electron chi connectivity index (χ0n) is 19.5. The van der Waals surface area contributed by atoms with Crippen LogP contribution in [0.3, 0.4) is 0 Å².